The van der Waals surface area contributed by atoms with Gasteiger partial charge in [0.1, 0.15) is 5.75 Å². The lowest BCUT2D eigenvalue weighted by Gasteiger charge is -2.21. The Labute approximate surface area is 190 Å². The lowest BCUT2D eigenvalue weighted by molar-refractivity contribution is 0.0695. The highest BCUT2D eigenvalue weighted by Crippen LogP contribution is 2.54. The molecule has 6 nitrogen and oxygen atoms in total. The van der Waals surface area contributed by atoms with Crippen LogP contribution in [0.4, 0.5) is 0 Å². The van der Waals surface area contributed by atoms with Gasteiger partial charge in [0.15, 0.2) is 0 Å². The van der Waals surface area contributed by atoms with Crippen molar-refractivity contribution in [2.45, 2.75) is 32.6 Å². The van der Waals surface area contributed by atoms with Crippen LogP contribution in [0.2, 0.25) is 5.02 Å². The number of H-pyrrole nitrogens is 1. The minimum absolute atomic E-state index is 0.0146. The average molecular weight is 451 g/mol. The third-order valence-electron chi connectivity index (χ3n) is 6.54. The molecule has 164 valence electrons. The Morgan fingerprint density at radius 3 is 2.69 bits per heavy atom. The number of aromatic nitrogens is 2. The molecule has 0 saturated heterocycles. The molecule has 1 fully saturated rings. The van der Waals surface area contributed by atoms with Gasteiger partial charge in [-0.15, -0.1) is 0 Å². The molecule has 1 aromatic heterocycles. The lowest BCUT2D eigenvalue weighted by atomic mass is 9.85. The Kier molecular flexibility index (Phi) is 5.07. The summed E-state index contributed by atoms with van der Waals surface area (Å²) in [4.78, 5) is 19.0. The summed E-state index contributed by atoms with van der Waals surface area (Å²) in [5.41, 5.74) is 5.73. The molecule has 0 aliphatic heterocycles. The summed E-state index contributed by atoms with van der Waals surface area (Å²) < 4.78 is 5.78. The molecule has 0 unspecified atom stereocenters. The lowest BCUT2D eigenvalue weighted by Crippen LogP contribution is -2.12. The fraction of sp³-hybridized carbons (Fsp3) is 0.280. The van der Waals surface area contributed by atoms with Crippen molar-refractivity contribution >= 4 is 34.2 Å². The van der Waals surface area contributed by atoms with Gasteiger partial charge >= 0.3 is 5.97 Å². The number of halogens is 1. The van der Waals surface area contributed by atoms with E-state index in [1.54, 1.807) is 19.1 Å². The first-order valence-corrected chi connectivity index (χ1v) is 11.0. The zero-order valence-electron chi connectivity index (χ0n) is 17.6. The van der Waals surface area contributed by atoms with Crippen LogP contribution in [-0.2, 0) is 0 Å². The van der Waals surface area contributed by atoms with Gasteiger partial charge in [-0.05, 0) is 73.6 Å². The Morgan fingerprint density at radius 2 is 2.03 bits per heavy atom. The molecule has 3 aromatic rings. The highest BCUT2D eigenvalue weighted by Gasteiger charge is 2.45. The first-order valence-electron chi connectivity index (χ1n) is 10.6. The zero-order chi connectivity index (χ0) is 22.5. The smallest absolute Gasteiger partial charge is 0.336 e. The number of nitrogens with one attached hydrogen (secondary N) is 1. The minimum atomic E-state index is -1.00. The van der Waals surface area contributed by atoms with Crippen molar-refractivity contribution in [3.05, 3.63) is 69.8 Å². The molecular formula is C25H23ClN2O4. The quantitative estimate of drug-likeness (QED) is 0.435. The van der Waals surface area contributed by atoms with Gasteiger partial charge in [-0.2, -0.15) is 4.98 Å². The maximum Gasteiger partial charge on any atom is 0.336 e. The summed E-state index contributed by atoms with van der Waals surface area (Å²) in [7, 11) is 0. The first kappa shape index (κ1) is 20.8. The molecular weight excluding hydrogens is 428 g/mol. The number of carbonyl (C=O) groups is 1. The second kappa shape index (κ2) is 7.80. The normalized spacial score (nSPS) is 17.1. The SMILES string of the molecule is Cc1ccc(Oc2nc3cc(C4=CC=C(C5(CO)CC5)CC4)c(Cl)cc3[nH]2)cc1C(=O)O. The number of aliphatic hydroxyl groups is 1. The van der Waals surface area contributed by atoms with E-state index in [-0.39, 0.29) is 23.6 Å². The molecule has 0 spiro atoms. The van der Waals surface area contributed by atoms with Gasteiger partial charge in [0.2, 0.25) is 0 Å². The van der Waals surface area contributed by atoms with E-state index in [0.717, 1.165) is 47.9 Å². The van der Waals surface area contributed by atoms with Gasteiger partial charge < -0.3 is 19.9 Å². The fourth-order valence-corrected chi connectivity index (χ4v) is 4.63. The summed E-state index contributed by atoms with van der Waals surface area (Å²) in [6.07, 6.45) is 8.17. The molecule has 1 heterocycles. The number of hydrogen-bond donors (Lipinski definition) is 3. The zero-order valence-corrected chi connectivity index (χ0v) is 18.4. The van der Waals surface area contributed by atoms with E-state index < -0.39 is 5.97 Å². The molecule has 1 saturated carbocycles. The third kappa shape index (κ3) is 3.70. The molecule has 0 amide bonds. The summed E-state index contributed by atoms with van der Waals surface area (Å²) in [6.45, 7) is 1.96. The minimum Gasteiger partial charge on any atom is -0.478 e. The Hall–Kier alpha value is -3.09. The van der Waals surface area contributed by atoms with E-state index in [2.05, 4.69) is 22.1 Å². The van der Waals surface area contributed by atoms with E-state index >= 15 is 0 Å². The molecule has 0 bridgehead atoms. The largest absolute Gasteiger partial charge is 0.478 e. The number of aryl methyl sites for hydroxylation is 1. The number of aromatic amines is 1. The number of ether oxygens (including phenoxy) is 1. The number of rotatable bonds is 6. The van der Waals surface area contributed by atoms with Gasteiger partial charge in [0.05, 0.1) is 28.2 Å². The van der Waals surface area contributed by atoms with Crippen molar-refractivity contribution in [2.75, 3.05) is 6.61 Å². The summed E-state index contributed by atoms with van der Waals surface area (Å²) in [6, 6.07) is 8.95. The number of benzene rings is 2. The van der Waals surface area contributed by atoms with Crippen LogP contribution >= 0.6 is 11.6 Å². The van der Waals surface area contributed by atoms with E-state index in [4.69, 9.17) is 16.3 Å². The van der Waals surface area contributed by atoms with Crippen LogP contribution in [-0.4, -0.2) is 32.8 Å². The fourth-order valence-electron chi connectivity index (χ4n) is 4.34. The van der Waals surface area contributed by atoms with Crippen LogP contribution in [0, 0.1) is 12.3 Å². The number of hydrogen-bond acceptors (Lipinski definition) is 4. The van der Waals surface area contributed by atoms with Crippen molar-refractivity contribution in [3.63, 3.8) is 0 Å². The monoisotopic (exact) mass is 450 g/mol. The number of fused-ring (bicyclic) bond motifs is 1. The first-order chi connectivity index (χ1) is 15.4. The van der Waals surface area contributed by atoms with Crippen molar-refractivity contribution in [1.29, 1.82) is 0 Å². The van der Waals surface area contributed by atoms with E-state index in [9.17, 15) is 15.0 Å². The van der Waals surface area contributed by atoms with E-state index in [0.29, 0.717) is 16.3 Å². The van der Waals surface area contributed by atoms with Crippen LogP contribution in [0.5, 0.6) is 11.8 Å². The predicted octanol–water partition coefficient (Wildman–Crippen LogP) is 5.89. The van der Waals surface area contributed by atoms with E-state index in [1.807, 2.05) is 12.1 Å². The second-order valence-corrected chi connectivity index (χ2v) is 9.00. The average Bonchev–Trinajstić information content (AvgIpc) is 3.49. The molecule has 0 atom stereocenters. The van der Waals surface area contributed by atoms with Crippen molar-refractivity contribution in [2.24, 2.45) is 5.41 Å². The molecule has 2 aliphatic rings. The summed E-state index contributed by atoms with van der Waals surface area (Å²) in [5.74, 6) is -0.609. The van der Waals surface area contributed by atoms with Gasteiger partial charge in [0, 0.05) is 5.41 Å². The van der Waals surface area contributed by atoms with Crippen molar-refractivity contribution in [1.82, 2.24) is 9.97 Å². The summed E-state index contributed by atoms with van der Waals surface area (Å²) in [5, 5.41) is 19.6. The Morgan fingerprint density at radius 1 is 1.22 bits per heavy atom. The molecule has 2 aliphatic carbocycles. The number of carboxylic acid groups (broad SMARTS) is 1. The molecule has 5 rings (SSSR count). The highest BCUT2D eigenvalue weighted by atomic mass is 35.5. The maximum atomic E-state index is 11.4. The van der Waals surface area contributed by atoms with Crippen LogP contribution in [0.1, 0.15) is 47.2 Å². The van der Waals surface area contributed by atoms with Gasteiger partial charge in [-0.3, -0.25) is 0 Å². The van der Waals surface area contributed by atoms with Gasteiger partial charge in [0.25, 0.3) is 6.01 Å². The van der Waals surface area contributed by atoms with Crippen LogP contribution in [0.25, 0.3) is 16.6 Å². The molecule has 3 N–H and O–H groups in total. The Bertz CT molecular complexity index is 1300. The highest BCUT2D eigenvalue weighted by molar-refractivity contribution is 6.33. The second-order valence-electron chi connectivity index (χ2n) is 8.60. The van der Waals surface area contributed by atoms with Crippen LogP contribution in [0.15, 0.2) is 48.1 Å². The third-order valence-corrected chi connectivity index (χ3v) is 6.85. The standard InChI is InChI=1S/C25H23ClN2O4/c1-14-2-7-17(10-18(14)23(30)31)32-24-27-21-11-19(20(26)12-22(21)28-24)15-3-5-16(6-4-15)25(13-29)8-9-25/h2-3,5,7,10-12,29H,4,6,8-9,13H2,1H3,(H,27,28)(H,30,31). The van der Waals surface area contributed by atoms with Crippen LogP contribution < -0.4 is 4.74 Å². The maximum absolute atomic E-state index is 11.4. The van der Waals surface area contributed by atoms with Crippen molar-refractivity contribution < 1.29 is 19.7 Å². The van der Waals surface area contributed by atoms with Crippen LogP contribution in [0.3, 0.4) is 0 Å². The Balaban J connectivity index is 1.43. The van der Waals surface area contributed by atoms with Gasteiger partial charge in [-0.1, -0.05) is 35.4 Å². The molecule has 32 heavy (non-hydrogen) atoms. The number of nitrogens with zero attached hydrogens (tertiary/aromatic N) is 1. The van der Waals surface area contributed by atoms with Gasteiger partial charge in [-0.25, -0.2) is 4.79 Å². The molecule has 2 aromatic carbocycles. The van der Waals surface area contributed by atoms with E-state index in [1.165, 1.54) is 11.6 Å². The number of imidazole rings is 1. The number of aliphatic hydroxyl groups excluding tert-OH is 1. The van der Waals surface area contributed by atoms with Crippen molar-refractivity contribution in [3.8, 4) is 11.8 Å². The number of allylic oxidation sites excluding steroid dienone is 3. The number of carboxylic acids is 1. The topological polar surface area (TPSA) is 95.4 Å². The molecule has 0 radical (unpaired) electrons. The predicted molar refractivity (Wildman–Crippen MR) is 123 cm³/mol. The number of aromatic carboxylic acids is 1. The molecule has 7 heteroatoms. The summed E-state index contributed by atoms with van der Waals surface area (Å²) >= 11 is 6.59.